The number of thiophene rings is 1. The first-order valence-corrected chi connectivity index (χ1v) is 9.18. The maximum Gasteiger partial charge on any atom is 0.261 e. The Balaban J connectivity index is 1.84. The largest absolute Gasteiger partial charge is 0.351 e. The summed E-state index contributed by atoms with van der Waals surface area (Å²) in [5, 5.41) is 5.57. The molecule has 4 nitrogen and oxygen atoms in total. The van der Waals surface area contributed by atoms with Gasteiger partial charge in [-0.2, -0.15) is 0 Å². The molecule has 0 spiro atoms. The first kappa shape index (κ1) is 18.8. The molecule has 1 aromatic heterocycles. The fourth-order valence-corrected chi connectivity index (χ4v) is 3.13. The van der Waals surface area contributed by atoms with Crippen molar-refractivity contribution in [1.29, 1.82) is 0 Å². The summed E-state index contributed by atoms with van der Waals surface area (Å²) in [5.41, 5.74) is 0.919. The van der Waals surface area contributed by atoms with E-state index in [2.05, 4.69) is 5.32 Å². The lowest BCUT2D eigenvalue weighted by Gasteiger charge is -2.21. The molecule has 0 aliphatic heterocycles. The van der Waals surface area contributed by atoms with Gasteiger partial charge in [-0.15, -0.1) is 11.3 Å². The number of carbonyl (C=O) groups excluding carboxylic acids is 2. The number of hydrogen-bond acceptors (Lipinski definition) is 3. The van der Waals surface area contributed by atoms with E-state index in [0.717, 1.165) is 5.56 Å². The minimum absolute atomic E-state index is 0.0185. The van der Waals surface area contributed by atoms with Gasteiger partial charge in [-0.05, 0) is 36.1 Å². The lowest BCUT2D eigenvalue weighted by Crippen LogP contribution is -2.34. The number of amides is 2. The molecule has 128 valence electrons. The molecule has 7 heteroatoms. The van der Waals surface area contributed by atoms with E-state index >= 15 is 0 Å². The van der Waals surface area contributed by atoms with Gasteiger partial charge in [0.25, 0.3) is 5.91 Å². The number of nitrogens with one attached hydrogen (secondary N) is 1. The first-order valence-electron chi connectivity index (χ1n) is 7.54. The zero-order valence-electron chi connectivity index (χ0n) is 13.2. The zero-order valence-corrected chi connectivity index (χ0v) is 15.5. The predicted octanol–water partition coefficient (Wildman–Crippen LogP) is 4.22. The van der Waals surface area contributed by atoms with Crippen LogP contribution >= 0.6 is 34.5 Å². The van der Waals surface area contributed by atoms with Crippen LogP contribution in [-0.2, 0) is 11.3 Å². The van der Waals surface area contributed by atoms with Crippen LogP contribution in [0.3, 0.4) is 0 Å². The van der Waals surface area contributed by atoms with Crippen molar-refractivity contribution in [1.82, 2.24) is 10.2 Å². The number of rotatable bonds is 7. The topological polar surface area (TPSA) is 49.4 Å². The summed E-state index contributed by atoms with van der Waals surface area (Å²) < 4.78 is 0. The Morgan fingerprint density at radius 2 is 2.00 bits per heavy atom. The van der Waals surface area contributed by atoms with Gasteiger partial charge in [0.15, 0.2) is 0 Å². The summed E-state index contributed by atoms with van der Waals surface area (Å²) in [7, 11) is 0. The van der Waals surface area contributed by atoms with E-state index in [-0.39, 0.29) is 18.2 Å². The van der Waals surface area contributed by atoms with Gasteiger partial charge in [-0.1, -0.05) is 35.3 Å². The summed E-state index contributed by atoms with van der Waals surface area (Å²) >= 11 is 13.3. The van der Waals surface area contributed by atoms with E-state index in [9.17, 15) is 9.59 Å². The number of benzene rings is 1. The third kappa shape index (κ3) is 5.23. The molecule has 0 aliphatic carbocycles. The molecule has 1 heterocycles. The van der Waals surface area contributed by atoms with E-state index in [1.807, 2.05) is 24.4 Å². The van der Waals surface area contributed by atoms with Gasteiger partial charge in [-0.3, -0.25) is 9.59 Å². The highest BCUT2D eigenvalue weighted by atomic mass is 35.5. The van der Waals surface area contributed by atoms with Gasteiger partial charge < -0.3 is 10.2 Å². The molecular formula is C17H18Cl2N2O2S. The van der Waals surface area contributed by atoms with Crippen molar-refractivity contribution in [3.8, 4) is 0 Å². The van der Waals surface area contributed by atoms with Gasteiger partial charge in [-0.25, -0.2) is 0 Å². The highest BCUT2D eigenvalue weighted by Crippen LogP contribution is 2.23. The normalized spacial score (nSPS) is 10.5. The van der Waals surface area contributed by atoms with Gasteiger partial charge in [0.1, 0.15) is 0 Å². The molecule has 0 saturated carbocycles. The van der Waals surface area contributed by atoms with Crippen LogP contribution < -0.4 is 5.32 Å². The molecule has 0 radical (unpaired) electrons. The van der Waals surface area contributed by atoms with Gasteiger partial charge >= 0.3 is 0 Å². The molecular weight excluding hydrogens is 367 g/mol. The summed E-state index contributed by atoms with van der Waals surface area (Å²) in [4.78, 5) is 26.5. The molecule has 0 aliphatic rings. The Labute approximate surface area is 155 Å². The Morgan fingerprint density at radius 3 is 2.62 bits per heavy atom. The van der Waals surface area contributed by atoms with Crippen LogP contribution in [0.1, 0.15) is 28.6 Å². The van der Waals surface area contributed by atoms with E-state index in [1.165, 1.54) is 11.3 Å². The van der Waals surface area contributed by atoms with Crippen molar-refractivity contribution in [3.05, 3.63) is 56.2 Å². The number of halogens is 2. The smallest absolute Gasteiger partial charge is 0.261 e. The monoisotopic (exact) mass is 384 g/mol. The quantitative estimate of drug-likeness (QED) is 0.776. The lowest BCUT2D eigenvalue weighted by molar-refractivity contribution is -0.131. The van der Waals surface area contributed by atoms with Gasteiger partial charge in [0.2, 0.25) is 5.91 Å². The summed E-state index contributed by atoms with van der Waals surface area (Å²) in [6.07, 6.45) is 0.256. The number of carbonyl (C=O) groups is 2. The zero-order chi connectivity index (χ0) is 17.5. The minimum atomic E-state index is -0.148. The molecule has 2 aromatic rings. The van der Waals surface area contributed by atoms with Crippen molar-refractivity contribution in [2.75, 3.05) is 13.1 Å². The molecule has 1 N–H and O–H groups in total. The summed E-state index contributed by atoms with van der Waals surface area (Å²) in [5.74, 6) is -0.166. The third-order valence-corrected chi connectivity index (χ3v) is 5.07. The standard InChI is InChI=1S/C17H18Cl2N2O2S/c1-2-21(11-12-5-6-13(18)14(19)10-12)16(22)7-8-20-17(23)15-4-3-9-24-15/h3-6,9-10H,2,7-8,11H2,1H3,(H,20,23). The van der Waals surface area contributed by atoms with Crippen LogP contribution in [0.5, 0.6) is 0 Å². The summed E-state index contributed by atoms with van der Waals surface area (Å²) in [6, 6.07) is 8.91. The van der Waals surface area contributed by atoms with Crippen LogP contribution in [-0.4, -0.2) is 29.8 Å². The molecule has 0 bridgehead atoms. The van der Waals surface area contributed by atoms with Crippen LogP contribution in [0.2, 0.25) is 10.0 Å². The van der Waals surface area contributed by atoms with Crippen LogP contribution in [0.15, 0.2) is 35.7 Å². The van der Waals surface area contributed by atoms with Gasteiger partial charge in [0, 0.05) is 26.1 Å². The summed E-state index contributed by atoms with van der Waals surface area (Å²) in [6.45, 7) is 3.27. The number of nitrogens with zero attached hydrogens (tertiary/aromatic N) is 1. The van der Waals surface area contributed by atoms with Crippen molar-refractivity contribution in [3.63, 3.8) is 0 Å². The SMILES string of the molecule is CCN(Cc1ccc(Cl)c(Cl)c1)C(=O)CCNC(=O)c1cccs1. The predicted molar refractivity (Wildman–Crippen MR) is 98.8 cm³/mol. The lowest BCUT2D eigenvalue weighted by atomic mass is 10.2. The Hall–Kier alpha value is -1.56. The highest BCUT2D eigenvalue weighted by Gasteiger charge is 2.14. The van der Waals surface area contributed by atoms with E-state index in [4.69, 9.17) is 23.2 Å². The second-order valence-electron chi connectivity index (χ2n) is 5.14. The van der Waals surface area contributed by atoms with Crippen molar-refractivity contribution < 1.29 is 9.59 Å². The Morgan fingerprint density at radius 1 is 1.21 bits per heavy atom. The average molecular weight is 385 g/mol. The molecule has 0 unspecified atom stereocenters. The van der Waals surface area contributed by atoms with E-state index in [0.29, 0.717) is 34.6 Å². The van der Waals surface area contributed by atoms with Crippen LogP contribution in [0.25, 0.3) is 0 Å². The molecule has 2 amide bonds. The fraction of sp³-hybridized carbons (Fsp3) is 0.294. The maximum atomic E-state index is 12.3. The van der Waals surface area contributed by atoms with E-state index < -0.39 is 0 Å². The second-order valence-corrected chi connectivity index (χ2v) is 6.90. The number of hydrogen-bond donors (Lipinski definition) is 1. The molecule has 1 aromatic carbocycles. The molecule has 2 rings (SSSR count). The average Bonchev–Trinajstić information content (AvgIpc) is 3.10. The van der Waals surface area contributed by atoms with Gasteiger partial charge in [0.05, 0.1) is 14.9 Å². The van der Waals surface area contributed by atoms with Crippen molar-refractivity contribution in [2.24, 2.45) is 0 Å². The molecule has 24 heavy (non-hydrogen) atoms. The first-order chi connectivity index (χ1) is 11.5. The van der Waals surface area contributed by atoms with Crippen LogP contribution in [0, 0.1) is 0 Å². The molecule has 0 saturated heterocycles. The van der Waals surface area contributed by atoms with Crippen LogP contribution in [0.4, 0.5) is 0 Å². The molecule has 0 atom stereocenters. The maximum absolute atomic E-state index is 12.3. The Kier molecular flexibility index (Phi) is 7.09. The minimum Gasteiger partial charge on any atom is -0.351 e. The Bertz CT molecular complexity index is 705. The van der Waals surface area contributed by atoms with Crippen molar-refractivity contribution >= 4 is 46.4 Å². The van der Waals surface area contributed by atoms with Crippen molar-refractivity contribution in [2.45, 2.75) is 19.9 Å². The third-order valence-electron chi connectivity index (χ3n) is 3.46. The second kappa shape index (κ2) is 9.06. The highest BCUT2D eigenvalue weighted by molar-refractivity contribution is 7.12. The fourth-order valence-electron chi connectivity index (χ4n) is 2.17. The molecule has 0 fully saturated rings. The van der Waals surface area contributed by atoms with E-state index in [1.54, 1.807) is 23.1 Å².